The van der Waals surface area contributed by atoms with E-state index in [1.165, 1.54) is 5.56 Å². The van der Waals surface area contributed by atoms with Crippen LogP contribution in [0.5, 0.6) is 0 Å². The van der Waals surface area contributed by atoms with E-state index in [9.17, 15) is 0 Å². The summed E-state index contributed by atoms with van der Waals surface area (Å²) in [6.45, 7) is 5.91. The van der Waals surface area contributed by atoms with Crippen molar-refractivity contribution in [2.45, 2.75) is 25.3 Å². The van der Waals surface area contributed by atoms with Gasteiger partial charge in [0, 0.05) is 32.1 Å². The lowest BCUT2D eigenvalue weighted by atomic mass is 9.82. The summed E-state index contributed by atoms with van der Waals surface area (Å²) >= 11 is 0. The molecule has 1 atom stereocenters. The van der Waals surface area contributed by atoms with Crippen LogP contribution in [0.1, 0.15) is 18.9 Å². The van der Waals surface area contributed by atoms with Gasteiger partial charge < -0.3 is 10.2 Å². The quantitative estimate of drug-likeness (QED) is 0.450. The van der Waals surface area contributed by atoms with Crippen LogP contribution in [0, 0.1) is 0 Å². The van der Waals surface area contributed by atoms with Crippen molar-refractivity contribution in [3.63, 3.8) is 0 Å². The first-order valence-corrected chi connectivity index (χ1v) is 8.05. The van der Waals surface area contributed by atoms with Gasteiger partial charge >= 0.3 is 0 Å². The van der Waals surface area contributed by atoms with Gasteiger partial charge in [0.05, 0.1) is 6.54 Å². The van der Waals surface area contributed by atoms with Crippen molar-refractivity contribution in [2.75, 3.05) is 26.7 Å². The summed E-state index contributed by atoms with van der Waals surface area (Å²) in [6.07, 6.45) is 4.42. The molecule has 1 aliphatic heterocycles. The Morgan fingerprint density at radius 3 is 2.79 bits per heavy atom. The Bertz CT molecular complexity index is 642. The van der Waals surface area contributed by atoms with Gasteiger partial charge in [-0.05, 0) is 12.0 Å². The number of likely N-dealkylation sites (tertiary alicyclic amines) is 1. The molecule has 1 fully saturated rings. The minimum Gasteiger partial charge on any atom is -0.354 e. The molecule has 24 heavy (non-hydrogen) atoms. The van der Waals surface area contributed by atoms with Gasteiger partial charge in [-0.1, -0.05) is 37.3 Å². The molecule has 1 unspecified atom stereocenters. The monoisotopic (exact) mass is 440 g/mol. The molecule has 1 aromatic carbocycles. The van der Waals surface area contributed by atoms with E-state index < -0.39 is 0 Å². The molecular weight excluding hydrogens is 415 g/mol. The van der Waals surface area contributed by atoms with Crippen LogP contribution in [0.2, 0.25) is 0 Å². The summed E-state index contributed by atoms with van der Waals surface area (Å²) in [7, 11) is 1.84. The largest absolute Gasteiger partial charge is 0.354 e. The average molecular weight is 440 g/mol. The second kappa shape index (κ2) is 8.46. The van der Waals surface area contributed by atoms with Gasteiger partial charge in [-0.25, -0.2) is 4.98 Å². The number of aromatic nitrogens is 3. The Hall–Kier alpha value is -1.64. The van der Waals surface area contributed by atoms with Crippen molar-refractivity contribution in [3.05, 3.63) is 48.5 Å². The zero-order chi connectivity index (χ0) is 16.1. The summed E-state index contributed by atoms with van der Waals surface area (Å²) in [5.74, 6) is 0.963. The number of hydrogen-bond donors (Lipinski definition) is 1. The molecule has 6 nitrogen and oxygen atoms in total. The highest BCUT2D eigenvalue weighted by Crippen LogP contribution is 2.33. The van der Waals surface area contributed by atoms with Crippen LogP contribution in [0.4, 0.5) is 0 Å². The van der Waals surface area contributed by atoms with Gasteiger partial charge in [0.1, 0.15) is 12.7 Å². The molecule has 1 aliphatic rings. The van der Waals surface area contributed by atoms with E-state index in [2.05, 4.69) is 62.5 Å². The minimum absolute atomic E-state index is 0. The highest BCUT2D eigenvalue weighted by atomic mass is 127. The van der Waals surface area contributed by atoms with Crippen molar-refractivity contribution in [1.82, 2.24) is 25.0 Å². The first kappa shape index (κ1) is 18.7. The summed E-state index contributed by atoms with van der Waals surface area (Å²) < 4.78 is 1.82. The lowest BCUT2D eigenvalue weighted by Crippen LogP contribution is -2.42. The predicted molar refractivity (Wildman–Crippen MR) is 107 cm³/mol. The third kappa shape index (κ3) is 4.25. The smallest absolute Gasteiger partial charge is 0.193 e. The van der Waals surface area contributed by atoms with E-state index in [4.69, 9.17) is 0 Å². The maximum atomic E-state index is 4.43. The number of nitrogens with one attached hydrogen (secondary N) is 1. The maximum Gasteiger partial charge on any atom is 0.193 e. The van der Waals surface area contributed by atoms with Gasteiger partial charge in [0.2, 0.25) is 0 Å². The molecule has 2 aromatic rings. The molecule has 1 N–H and O–H groups in total. The van der Waals surface area contributed by atoms with Crippen LogP contribution < -0.4 is 5.32 Å². The molecule has 3 rings (SSSR count). The number of benzene rings is 1. The molecule has 2 heterocycles. The van der Waals surface area contributed by atoms with Gasteiger partial charge in [-0.2, -0.15) is 5.10 Å². The van der Waals surface area contributed by atoms with Crippen molar-refractivity contribution in [1.29, 1.82) is 0 Å². The standard InChI is InChI=1S/C17H24N6.HI/c1-17(15-6-4-3-5-7-15)8-10-22(12-17)16(18-2)20-9-11-23-14-19-13-21-23;/h3-7,13-14H,8-12H2,1-2H3,(H,18,20);1H. The van der Waals surface area contributed by atoms with Gasteiger partial charge in [-0.3, -0.25) is 9.67 Å². The Morgan fingerprint density at radius 1 is 1.33 bits per heavy atom. The summed E-state index contributed by atoms with van der Waals surface area (Å²) in [4.78, 5) is 10.7. The number of aliphatic imine (C=N–C) groups is 1. The van der Waals surface area contributed by atoms with E-state index in [0.29, 0.717) is 0 Å². The van der Waals surface area contributed by atoms with Crippen LogP contribution in [0.3, 0.4) is 0 Å². The SMILES string of the molecule is CN=C(NCCn1cncn1)N1CCC(C)(c2ccccc2)C1.I. The zero-order valence-electron chi connectivity index (χ0n) is 14.2. The highest BCUT2D eigenvalue weighted by Gasteiger charge is 2.36. The molecule has 0 spiro atoms. The van der Waals surface area contributed by atoms with Crippen LogP contribution in [0.15, 0.2) is 48.0 Å². The molecule has 0 radical (unpaired) electrons. The van der Waals surface area contributed by atoms with E-state index in [1.54, 1.807) is 12.7 Å². The number of nitrogens with zero attached hydrogens (tertiary/aromatic N) is 5. The Labute approximate surface area is 160 Å². The molecule has 1 saturated heterocycles. The second-order valence-corrected chi connectivity index (χ2v) is 6.23. The van der Waals surface area contributed by atoms with E-state index in [-0.39, 0.29) is 29.4 Å². The number of halogens is 1. The molecule has 0 amide bonds. The van der Waals surface area contributed by atoms with E-state index >= 15 is 0 Å². The molecular formula is C17H25IN6. The summed E-state index contributed by atoms with van der Waals surface area (Å²) in [6, 6.07) is 10.8. The van der Waals surface area contributed by atoms with Crippen molar-refractivity contribution in [2.24, 2.45) is 4.99 Å². The maximum absolute atomic E-state index is 4.43. The number of rotatable bonds is 4. The van der Waals surface area contributed by atoms with E-state index in [0.717, 1.165) is 38.6 Å². The molecule has 130 valence electrons. The lowest BCUT2D eigenvalue weighted by molar-refractivity contribution is 0.436. The van der Waals surface area contributed by atoms with Crippen LogP contribution >= 0.6 is 24.0 Å². The van der Waals surface area contributed by atoms with Crippen LogP contribution in [0.25, 0.3) is 0 Å². The molecule has 0 bridgehead atoms. The van der Waals surface area contributed by atoms with Crippen molar-refractivity contribution >= 4 is 29.9 Å². The second-order valence-electron chi connectivity index (χ2n) is 6.23. The fourth-order valence-corrected chi connectivity index (χ4v) is 3.18. The third-order valence-corrected chi connectivity index (χ3v) is 4.55. The Balaban J connectivity index is 0.00000208. The van der Waals surface area contributed by atoms with Crippen molar-refractivity contribution in [3.8, 4) is 0 Å². The zero-order valence-corrected chi connectivity index (χ0v) is 16.6. The lowest BCUT2D eigenvalue weighted by Gasteiger charge is -2.27. The number of hydrogen-bond acceptors (Lipinski definition) is 3. The van der Waals surface area contributed by atoms with E-state index in [1.807, 2.05) is 11.7 Å². The predicted octanol–water partition coefficient (Wildman–Crippen LogP) is 2.14. The third-order valence-electron chi connectivity index (χ3n) is 4.55. The van der Waals surface area contributed by atoms with Gasteiger partial charge in [-0.15, -0.1) is 24.0 Å². The molecule has 1 aromatic heterocycles. The Morgan fingerprint density at radius 2 is 2.12 bits per heavy atom. The molecule has 7 heteroatoms. The first-order valence-electron chi connectivity index (χ1n) is 8.05. The van der Waals surface area contributed by atoms with Gasteiger partial charge in [0.25, 0.3) is 0 Å². The fraction of sp³-hybridized carbons (Fsp3) is 0.471. The van der Waals surface area contributed by atoms with Crippen molar-refractivity contribution < 1.29 is 0 Å². The summed E-state index contributed by atoms with van der Waals surface area (Å²) in [5, 5.41) is 7.54. The Kier molecular flexibility index (Phi) is 6.59. The molecule has 0 saturated carbocycles. The number of guanidine groups is 1. The average Bonchev–Trinajstić information content (AvgIpc) is 3.23. The van der Waals surface area contributed by atoms with Crippen LogP contribution in [-0.2, 0) is 12.0 Å². The fourth-order valence-electron chi connectivity index (χ4n) is 3.18. The summed E-state index contributed by atoms with van der Waals surface area (Å²) in [5.41, 5.74) is 1.59. The minimum atomic E-state index is 0. The first-order chi connectivity index (χ1) is 11.2. The molecule has 0 aliphatic carbocycles. The van der Waals surface area contributed by atoms with Gasteiger partial charge in [0.15, 0.2) is 5.96 Å². The van der Waals surface area contributed by atoms with Crippen LogP contribution in [-0.4, -0.2) is 52.3 Å². The normalized spacial score (nSPS) is 20.8. The topological polar surface area (TPSA) is 58.3 Å². The highest BCUT2D eigenvalue weighted by molar-refractivity contribution is 14.0.